The number of primary amides is 1. The SMILES string of the molecule is Cc1c2c(c(O)c3c(O)cccc13)C(=O)[C@]1(O)C(O)=C(C(N)=O)C(=O)[C@H](N(C)C)[C@@H]1[C@H]2O. The summed E-state index contributed by atoms with van der Waals surface area (Å²) in [6.45, 7) is 1.56. The molecule has 0 aromatic heterocycles. The maximum Gasteiger partial charge on any atom is 0.255 e. The van der Waals surface area contributed by atoms with Crippen molar-refractivity contribution < 1.29 is 39.9 Å². The minimum Gasteiger partial charge on any atom is -0.508 e. The minimum atomic E-state index is -2.93. The number of phenols is 2. The summed E-state index contributed by atoms with van der Waals surface area (Å²) < 4.78 is 0. The van der Waals surface area contributed by atoms with Gasteiger partial charge in [0, 0.05) is 0 Å². The van der Waals surface area contributed by atoms with Gasteiger partial charge in [0.1, 0.15) is 22.8 Å². The lowest BCUT2D eigenvalue weighted by atomic mass is 9.60. The highest BCUT2D eigenvalue weighted by molar-refractivity contribution is 6.25. The second-order valence-electron chi connectivity index (χ2n) is 8.39. The van der Waals surface area contributed by atoms with E-state index >= 15 is 0 Å². The Morgan fingerprint density at radius 1 is 1.16 bits per heavy atom. The molecule has 168 valence electrons. The van der Waals surface area contributed by atoms with Crippen LogP contribution in [0, 0.1) is 12.8 Å². The average molecular weight is 442 g/mol. The van der Waals surface area contributed by atoms with E-state index < -0.39 is 63.8 Å². The van der Waals surface area contributed by atoms with Gasteiger partial charge in [-0.25, -0.2) is 0 Å². The molecule has 7 N–H and O–H groups in total. The van der Waals surface area contributed by atoms with Gasteiger partial charge in [-0.1, -0.05) is 12.1 Å². The summed E-state index contributed by atoms with van der Waals surface area (Å²) in [7, 11) is 2.89. The number of Topliss-reactive ketones (excluding diaryl/α,β-unsaturated/α-hetero) is 2. The lowest BCUT2D eigenvalue weighted by Gasteiger charge is -2.49. The molecule has 2 aromatic rings. The average Bonchev–Trinajstić information content (AvgIpc) is 2.70. The number of ketones is 2. The van der Waals surface area contributed by atoms with E-state index in [4.69, 9.17) is 5.73 Å². The minimum absolute atomic E-state index is 0.0461. The van der Waals surface area contributed by atoms with Crippen molar-refractivity contribution >= 4 is 28.2 Å². The number of carbonyl (C=O) groups is 3. The van der Waals surface area contributed by atoms with Crippen LogP contribution in [0.5, 0.6) is 11.5 Å². The number of aromatic hydroxyl groups is 2. The van der Waals surface area contributed by atoms with E-state index in [1.807, 2.05) is 0 Å². The smallest absolute Gasteiger partial charge is 0.255 e. The third-order valence-corrected chi connectivity index (χ3v) is 6.54. The molecule has 2 aliphatic rings. The molecular weight excluding hydrogens is 420 g/mol. The zero-order valence-electron chi connectivity index (χ0n) is 17.4. The number of nitrogens with zero attached hydrogens (tertiary/aromatic N) is 1. The lowest BCUT2D eigenvalue weighted by Crippen LogP contribution is -2.66. The molecular formula is C22H22N2O8. The molecule has 32 heavy (non-hydrogen) atoms. The number of aryl methyl sites for hydroxylation is 1. The van der Waals surface area contributed by atoms with Gasteiger partial charge < -0.3 is 31.3 Å². The van der Waals surface area contributed by atoms with Crippen LogP contribution in [-0.2, 0) is 9.59 Å². The molecule has 0 saturated heterocycles. The number of amides is 1. The first kappa shape index (κ1) is 21.8. The van der Waals surface area contributed by atoms with Crippen molar-refractivity contribution in [1.82, 2.24) is 4.90 Å². The van der Waals surface area contributed by atoms with Gasteiger partial charge in [0.2, 0.25) is 5.78 Å². The third kappa shape index (κ3) is 2.42. The molecule has 4 rings (SSSR count). The molecule has 0 spiro atoms. The predicted octanol–water partition coefficient (Wildman–Crippen LogP) is -0.0533. The molecule has 2 aliphatic carbocycles. The Morgan fingerprint density at radius 2 is 1.78 bits per heavy atom. The quantitative estimate of drug-likeness (QED) is 0.347. The van der Waals surface area contributed by atoms with Crippen LogP contribution >= 0.6 is 0 Å². The number of aliphatic hydroxyl groups excluding tert-OH is 2. The number of carbonyl (C=O) groups excluding carboxylic acids is 3. The number of nitrogens with two attached hydrogens (primary N) is 1. The van der Waals surface area contributed by atoms with Crippen molar-refractivity contribution in [3.8, 4) is 11.5 Å². The number of benzene rings is 2. The third-order valence-electron chi connectivity index (χ3n) is 6.54. The fraction of sp³-hybridized carbons (Fsp3) is 0.318. The topological polar surface area (TPSA) is 182 Å². The van der Waals surface area contributed by atoms with Crippen molar-refractivity contribution in [2.24, 2.45) is 11.7 Å². The van der Waals surface area contributed by atoms with E-state index in [1.165, 1.54) is 31.1 Å². The summed E-state index contributed by atoms with van der Waals surface area (Å²) in [5, 5.41) is 55.0. The van der Waals surface area contributed by atoms with Crippen molar-refractivity contribution in [3.63, 3.8) is 0 Å². The number of fused-ring (bicyclic) bond motifs is 3. The van der Waals surface area contributed by atoms with E-state index in [0.29, 0.717) is 10.9 Å². The van der Waals surface area contributed by atoms with Gasteiger partial charge in [0.25, 0.3) is 5.91 Å². The van der Waals surface area contributed by atoms with E-state index in [9.17, 15) is 39.9 Å². The van der Waals surface area contributed by atoms with Crippen LogP contribution < -0.4 is 5.73 Å². The monoisotopic (exact) mass is 442 g/mol. The second kappa shape index (κ2) is 6.76. The molecule has 10 nitrogen and oxygen atoms in total. The Hall–Kier alpha value is -3.47. The Bertz CT molecular complexity index is 1260. The fourth-order valence-electron chi connectivity index (χ4n) is 5.11. The maximum absolute atomic E-state index is 13.6. The molecule has 0 radical (unpaired) electrons. The Morgan fingerprint density at radius 3 is 2.34 bits per heavy atom. The van der Waals surface area contributed by atoms with Crippen LogP contribution in [0.25, 0.3) is 10.8 Å². The molecule has 0 saturated carbocycles. The van der Waals surface area contributed by atoms with Gasteiger partial charge >= 0.3 is 0 Å². The normalized spacial score (nSPS) is 27.6. The highest BCUT2D eigenvalue weighted by atomic mass is 16.4. The largest absolute Gasteiger partial charge is 0.508 e. The van der Waals surface area contributed by atoms with Gasteiger partial charge in [0.05, 0.1) is 29.0 Å². The van der Waals surface area contributed by atoms with Gasteiger partial charge in [-0.05, 0) is 43.6 Å². The number of hydrogen-bond acceptors (Lipinski definition) is 9. The van der Waals surface area contributed by atoms with E-state index in [0.717, 1.165) is 0 Å². The first-order chi connectivity index (χ1) is 14.9. The summed E-state index contributed by atoms with van der Waals surface area (Å²) in [6.07, 6.45) is -1.71. The molecule has 2 aromatic carbocycles. The molecule has 0 aliphatic heterocycles. The van der Waals surface area contributed by atoms with E-state index in [-0.39, 0.29) is 16.7 Å². The molecule has 0 fully saturated rings. The van der Waals surface area contributed by atoms with Crippen LogP contribution in [0.3, 0.4) is 0 Å². The second-order valence-corrected chi connectivity index (χ2v) is 8.39. The summed E-state index contributed by atoms with van der Waals surface area (Å²) in [5.74, 6) is -7.47. The molecule has 0 heterocycles. The van der Waals surface area contributed by atoms with Gasteiger partial charge in [-0.2, -0.15) is 0 Å². The number of phenolic OH excluding ortho intramolecular Hbond substituents is 2. The molecule has 0 unspecified atom stereocenters. The number of aliphatic hydroxyl groups is 3. The van der Waals surface area contributed by atoms with Crippen LogP contribution in [-0.4, -0.2) is 73.6 Å². The van der Waals surface area contributed by atoms with Crippen molar-refractivity contribution in [3.05, 3.63) is 46.2 Å². The molecule has 10 heteroatoms. The van der Waals surface area contributed by atoms with E-state index in [1.54, 1.807) is 13.0 Å². The predicted molar refractivity (Wildman–Crippen MR) is 111 cm³/mol. The number of likely N-dealkylation sites (N-methyl/N-ethyl adjacent to an activating group) is 1. The summed E-state index contributed by atoms with van der Waals surface area (Å²) in [6, 6.07) is 2.98. The Labute approximate surface area is 181 Å². The van der Waals surface area contributed by atoms with Crippen LogP contribution in [0.2, 0.25) is 0 Å². The molecule has 1 amide bonds. The first-order valence-corrected chi connectivity index (χ1v) is 9.73. The van der Waals surface area contributed by atoms with Gasteiger partial charge in [0.15, 0.2) is 11.4 Å². The van der Waals surface area contributed by atoms with Crippen LogP contribution in [0.15, 0.2) is 29.5 Å². The van der Waals surface area contributed by atoms with Crippen molar-refractivity contribution in [1.29, 1.82) is 0 Å². The number of hydrogen-bond donors (Lipinski definition) is 6. The summed E-state index contributed by atoms with van der Waals surface area (Å²) in [4.78, 5) is 39.9. The fourth-order valence-corrected chi connectivity index (χ4v) is 5.11. The molecule has 4 atom stereocenters. The van der Waals surface area contributed by atoms with Gasteiger partial charge in [-0.15, -0.1) is 0 Å². The zero-order chi connectivity index (χ0) is 23.9. The lowest BCUT2D eigenvalue weighted by molar-refractivity contribution is -0.139. The highest BCUT2D eigenvalue weighted by Gasteiger charge is 2.65. The van der Waals surface area contributed by atoms with E-state index in [2.05, 4.69) is 0 Å². The Kier molecular flexibility index (Phi) is 4.60. The molecule has 0 bridgehead atoms. The van der Waals surface area contributed by atoms with Crippen molar-refractivity contribution in [2.45, 2.75) is 24.7 Å². The summed E-state index contributed by atoms with van der Waals surface area (Å²) in [5.41, 5.74) is 1.13. The zero-order valence-corrected chi connectivity index (χ0v) is 17.4. The standard InChI is InChI=1S/C22H22N2O8/c1-7-8-5-4-6-9(25)11(8)16(26)12-10(7)17(27)14-15(24(2)3)18(28)13(21(23)31)20(30)22(14,32)19(12)29/h4-6,14-15,17,25-27,30,32H,1-3H3,(H2,23,31)/t14-,15-,17+,22+/m1/s1. The van der Waals surface area contributed by atoms with Gasteiger partial charge in [-0.3, -0.25) is 19.3 Å². The summed E-state index contributed by atoms with van der Waals surface area (Å²) >= 11 is 0. The highest BCUT2D eigenvalue weighted by Crippen LogP contribution is 2.54. The van der Waals surface area contributed by atoms with Crippen molar-refractivity contribution in [2.75, 3.05) is 14.1 Å². The number of rotatable bonds is 2. The Balaban J connectivity index is 2.17. The maximum atomic E-state index is 13.6. The van der Waals surface area contributed by atoms with Crippen LogP contribution in [0.4, 0.5) is 0 Å². The first-order valence-electron chi connectivity index (χ1n) is 9.73. The van der Waals surface area contributed by atoms with Crippen LogP contribution in [0.1, 0.15) is 27.6 Å².